The average molecular weight is 326 g/mol. The summed E-state index contributed by atoms with van der Waals surface area (Å²) in [6.45, 7) is 11.5. The van der Waals surface area contributed by atoms with Crippen molar-refractivity contribution in [3.63, 3.8) is 0 Å². The van der Waals surface area contributed by atoms with E-state index in [1.807, 2.05) is 26.8 Å². The number of aryl methyl sites for hydroxylation is 3. The van der Waals surface area contributed by atoms with E-state index in [0.717, 1.165) is 41.8 Å². The van der Waals surface area contributed by atoms with Crippen molar-refractivity contribution in [1.82, 2.24) is 24.8 Å². The van der Waals surface area contributed by atoms with E-state index in [4.69, 9.17) is 0 Å². The van der Waals surface area contributed by atoms with Gasteiger partial charge in [0.15, 0.2) is 0 Å². The van der Waals surface area contributed by atoms with Crippen LogP contribution >= 0.6 is 0 Å². The second-order valence-corrected chi connectivity index (χ2v) is 6.56. The van der Waals surface area contributed by atoms with Crippen LogP contribution in [0.15, 0.2) is 12.1 Å². The van der Waals surface area contributed by atoms with E-state index in [1.54, 1.807) is 0 Å². The van der Waals surface area contributed by atoms with Gasteiger partial charge in [-0.1, -0.05) is 6.92 Å². The van der Waals surface area contributed by atoms with E-state index in [0.29, 0.717) is 11.9 Å². The van der Waals surface area contributed by atoms with Crippen molar-refractivity contribution in [1.29, 1.82) is 0 Å². The third-order valence-corrected chi connectivity index (χ3v) is 4.45. The highest BCUT2D eigenvalue weighted by atomic mass is 15.2. The SMILES string of the molecule is CCN1CCC[C@@H](c2cc(Nc3nc(C)cc(C)n3)nc(C)n2)C1. The van der Waals surface area contributed by atoms with Crippen molar-refractivity contribution in [2.45, 2.75) is 46.5 Å². The van der Waals surface area contributed by atoms with Gasteiger partial charge in [0.25, 0.3) is 0 Å². The highest BCUT2D eigenvalue weighted by Gasteiger charge is 2.22. The molecule has 6 nitrogen and oxygen atoms in total. The van der Waals surface area contributed by atoms with Gasteiger partial charge in [0, 0.05) is 29.9 Å². The molecular weight excluding hydrogens is 300 g/mol. The van der Waals surface area contributed by atoms with Gasteiger partial charge in [0.1, 0.15) is 11.6 Å². The Kier molecular flexibility index (Phi) is 5.04. The molecule has 3 rings (SSSR count). The Morgan fingerprint density at radius 3 is 2.54 bits per heavy atom. The number of hydrogen-bond donors (Lipinski definition) is 1. The third-order valence-electron chi connectivity index (χ3n) is 4.45. The van der Waals surface area contributed by atoms with Gasteiger partial charge < -0.3 is 10.2 Å². The largest absolute Gasteiger partial charge is 0.309 e. The van der Waals surface area contributed by atoms with Crippen molar-refractivity contribution < 1.29 is 0 Å². The molecule has 3 heterocycles. The number of likely N-dealkylation sites (tertiary alicyclic amines) is 1. The predicted molar refractivity (Wildman–Crippen MR) is 95.6 cm³/mol. The van der Waals surface area contributed by atoms with Crippen molar-refractivity contribution in [3.8, 4) is 0 Å². The molecule has 6 heteroatoms. The molecule has 1 N–H and O–H groups in total. The van der Waals surface area contributed by atoms with Crippen LogP contribution in [0.4, 0.5) is 11.8 Å². The minimum absolute atomic E-state index is 0.473. The minimum atomic E-state index is 0.473. The smallest absolute Gasteiger partial charge is 0.228 e. The first-order valence-corrected chi connectivity index (χ1v) is 8.70. The molecule has 128 valence electrons. The van der Waals surface area contributed by atoms with Gasteiger partial charge in [0.05, 0.1) is 5.69 Å². The lowest BCUT2D eigenvalue weighted by Gasteiger charge is -2.31. The zero-order chi connectivity index (χ0) is 17.1. The fraction of sp³-hybridized carbons (Fsp3) is 0.556. The van der Waals surface area contributed by atoms with E-state index < -0.39 is 0 Å². The maximum atomic E-state index is 4.68. The molecule has 0 aromatic carbocycles. The Morgan fingerprint density at radius 1 is 1.08 bits per heavy atom. The molecule has 0 bridgehead atoms. The zero-order valence-corrected chi connectivity index (χ0v) is 15.0. The monoisotopic (exact) mass is 326 g/mol. The molecule has 0 saturated carbocycles. The van der Waals surface area contributed by atoms with Crippen molar-refractivity contribution in [3.05, 3.63) is 35.0 Å². The lowest BCUT2D eigenvalue weighted by atomic mass is 9.94. The van der Waals surface area contributed by atoms with Crippen LogP contribution in [0, 0.1) is 20.8 Å². The van der Waals surface area contributed by atoms with Gasteiger partial charge in [-0.15, -0.1) is 0 Å². The summed E-state index contributed by atoms with van der Waals surface area (Å²) < 4.78 is 0. The summed E-state index contributed by atoms with van der Waals surface area (Å²) in [5, 5.41) is 3.24. The Morgan fingerprint density at radius 2 is 1.83 bits per heavy atom. The molecule has 0 spiro atoms. The highest BCUT2D eigenvalue weighted by Crippen LogP contribution is 2.27. The lowest BCUT2D eigenvalue weighted by molar-refractivity contribution is 0.216. The number of anilines is 2. The number of piperidine rings is 1. The Balaban J connectivity index is 1.83. The zero-order valence-electron chi connectivity index (χ0n) is 15.0. The van der Waals surface area contributed by atoms with E-state index >= 15 is 0 Å². The number of nitrogens with one attached hydrogen (secondary N) is 1. The summed E-state index contributed by atoms with van der Waals surface area (Å²) >= 11 is 0. The van der Waals surface area contributed by atoms with Crippen LogP contribution < -0.4 is 5.32 Å². The second kappa shape index (κ2) is 7.21. The quantitative estimate of drug-likeness (QED) is 0.931. The van der Waals surface area contributed by atoms with Gasteiger partial charge in [-0.25, -0.2) is 19.9 Å². The van der Waals surface area contributed by atoms with Gasteiger partial charge in [-0.2, -0.15) is 0 Å². The number of likely N-dealkylation sites (N-methyl/N-ethyl adjacent to an activating group) is 1. The van der Waals surface area contributed by atoms with Crippen LogP contribution in [0.25, 0.3) is 0 Å². The molecule has 1 aliphatic heterocycles. The highest BCUT2D eigenvalue weighted by molar-refractivity contribution is 5.49. The predicted octanol–water partition coefficient (Wildman–Crippen LogP) is 3.13. The maximum absolute atomic E-state index is 4.68. The summed E-state index contributed by atoms with van der Waals surface area (Å²) in [5.74, 6) is 2.63. The maximum Gasteiger partial charge on any atom is 0.228 e. The first-order chi connectivity index (χ1) is 11.5. The van der Waals surface area contributed by atoms with E-state index in [9.17, 15) is 0 Å². The molecule has 24 heavy (non-hydrogen) atoms. The number of rotatable bonds is 4. The van der Waals surface area contributed by atoms with Crippen LogP contribution in [-0.4, -0.2) is 44.5 Å². The molecule has 0 unspecified atom stereocenters. The van der Waals surface area contributed by atoms with Crippen LogP contribution in [0.2, 0.25) is 0 Å². The van der Waals surface area contributed by atoms with E-state index in [1.165, 1.54) is 19.4 Å². The van der Waals surface area contributed by atoms with Crippen LogP contribution in [-0.2, 0) is 0 Å². The van der Waals surface area contributed by atoms with Gasteiger partial charge >= 0.3 is 0 Å². The molecule has 2 aromatic heterocycles. The number of hydrogen-bond acceptors (Lipinski definition) is 6. The second-order valence-electron chi connectivity index (χ2n) is 6.56. The summed E-state index contributed by atoms with van der Waals surface area (Å²) in [5.41, 5.74) is 3.01. The topological polar surface area (TPSA) is 66.8 Å². The fourth-order valence-corrected chi connectivity index (χ4v) is 3.34. The first-order valence-electron chi connectivity index (χ1n) is 8.70. The molecule has 1 aliphatic rings. The molecule has 1 saturated heterocycles. The van der Waals surface area contributed by atoms with Crippen LogP contribution in [0.1, 0.15) is 48.6 Å². The van der Waals surface area contributed by atoms with Crippen molar-refractivity contribution in [2.75, 3.05) is 25.0 Å². The van der Waals surface area contributed by atoms with Gasteiger partial charge in [-0.05, 0) is 52.8 Å². The Bertz CT molecular complexity index is 694. The fourth-order valence-electron chi connectivity index (χ4n) is 3.34. The molecule has 0 amide bonds. The third kappa shape index (κ3) is 4.06. The molecule has 1 atom stereocenters. The summed E-state index contributed by atoms with van der Waals surface area (Å²) in [6, 6.07) is 4.01. The lowest BCUT2D eigenvalue weighted by Crippen LogP contribution is -2.34. The van der Waals surface area contributed by atoms with E-state index in [2.05, 4.69) is 43.1 Å². The molecule has 2 aromatic rings. The van der Waals surface area contributed by atoms with Crippen LogP contribution in [0.5, 0.6) is 0 Å². The van der Waals surface area contributed by atoms with Crippen LogP contribution in [0.3, 0.4) is 0 Å². The average Bonchev–Trinajstić information content (AvgIpc) is 2.53. The summed E-state index contributed by atoms with van der Waals surface area (Å²) in [7, 11) is 0. The molecular formula is C18H26N6. The normalized spacial score (nSPS) is 18.6. The number of nitrogens with zero attached hydrogens (tertiary/aromatic N) is 5. The summed E-state index contributed by atoms with van der Waals surface area (Å²) in [4.78, 5) is 20.6. The Labute approximate surface area is 143 Å². The Hall–Kier alpha value is -2.08. The van der Waals surface area contributed by atoms with Crippen molar-refractivity contribution in [2.24, 2.45) is 0 Å². The van der Waals surface area contributed by atoms with Crippen molar-refractivity contribution >= 4 is 11.8 Å². The standard InChI is InChI=1S/C18H26N6/c1-5-24-8-6-7-15(11-24)16-10-17(22-14(4)21-16)23-18-19-12(2)9-13(3)20-18/h9-10,15H,5-8,11H2,1-4H3,(H,19,20,21,22,23)/t15-/m1/s1. The number of aromatic nitrogens is 4. The van der Waals surface area contributed by atoms with E-state index in [-0.39, 0.29) is 0 Å². The molecule has 0 aliphatic carbocycles. The minimum Gasteiger partial charge on any atom is -0.309 e. The van der Waals surface area contributed by atoms with Gasteiger partial charge in [-0.3, -0.25) is 0 Å². The molecule has 1 fully saturated rings. The molecule has 0 radical (unpaired) electrons. The van der Waals surface area contributed by atoms with Gasteiger partial charge in [0.2, 0.25) is 5.95 Å². The summed E-state index contributed by atoms with van der Waals surface area (Å²) in [6.07, 6.45) is 2.41. The first kappa shape index (κ1) is 16.8.